The van der Waals surface area contributed by atoms with E-state index >= 15 is 0 Å². The van der Waals surface area contributed by atoms with Crippen molar-refractivity contribution in [1.82, 2.24) is 10.6 Å². The first-order valence-corrected chi connectivity index (χ1v) is 5.37. The molecule has 0 spiro atoms. The van der Waals surface area contributed by atoms with Crippen LogP contribution in [0.5, 0.6) is 0 Å². The minimum Gasteiger partial charge on any atom is -0.464 e. The highest BCUT2D eigenvalue weighted by molar-refractivity contribution is 6.19. The van der Waals surface area contributed by atoms with Gasteiger partial charge in [-0.15, -0.1) is 11.6 Å². The number of imide groups is 1. The zero-order valence-electron chi connectivity index (χ0n) is 9.21. The van der Waals surface area contributed by atoms with E-state index in [0.717, 1.165) is 0 Å². The fourth-order valence-electron chi connectivity index (χ4n) is 0.834. The first-order chi connectivity index (χ1) is 7.51. The third kappa shape index (κ3) is 6.23. The van der Waals surface area contributed by atoms with Crippen LogP contribution in [0.4, 0.5) is 4.79 Å². The van der Waals surface area contributed by atoms with Crippen LogP contribution in [-0.2, 0) is 14.3 Å². The van der Waals surface area contributed by atoms with Gasteiger partial charge in [0.1, 0.15) is 6.04 Å². The van der Waals surface area contributed by atoms with E-state index in [2.05, 4.69) is 10.1 Å². The number of hydrogen-bond donors (Lipinski definition) is 2. The van der Waals surface area contributed by atoms with Gasteiger partial charge in [-0.3, -0.25) is 10.1 Å². The molecule has 92 valence electrons. The summed E-state index contributed by atoms with van der Waals surface area (Å²) in [4.78, 5) is 33.2. The van der Waals surface area contributed by atoms with Gasteiger partial charge in [-0.2, -0.15) is 0 Å². The van der Waals surface area contributed by atoms with Crippen molar-refractivity contribution in [3.8, 4) is 0 Å². The number of amides is 3. The van der Waals surface area contributed by atoms with E-state index in [1.807, 2.05) is 5.32 Å². The van der Waals surface area contributed by atoms with Crippen LogP contribution < -0.4 is 10.6 Å². The molecule has 3 amide bonds. The van der Waals surface area contributed by atoms with Gasteiger partial charge < -0.3 is 10.1 Å². The summed E-state index contributed by atoms with van der Waals surface area (Å²) in [5, 5.41) is 4.29. The number of carbonyl (C=O) groups excluding carboxylic acids is 3. The molecule has 16 heavy (non-hydrogen) atoms. The quantitative estimate of drug-likeness (QED) is 0.546. The summed E-state index contributed by atoms with van der Waals surface area (Å²) in [7, 11) is 0. The van der Waals surface area contributed by atoms with Crippen molar-refractivity contribution in [1.29, 1.82) is 0 Å². The van der Waals surface area contributed by atoms with Gasteiger partial charge in [0.2, 0.25) is 5.91 Å². The lowest BCUT2D eigenvalue weighted by Crippen LogP contribution is -2.46. The molecule has 6 nitrogen and oxygen atoms in total. The molecule has 0 aromatic heterocycles. The third-order valence-corrected chi connectivity index (χ3v) is 1.75. The summed E-state index contributed by atoms with van der Waals surface area (Å²) in [6, 6.07) is -1.54. The van der Waals surface area contributed by atoms with Crippen molar-refractivity contribution in [2.75, 3.05) is 12.5 Å². The van der Waals surface area contributed by atoms with Gasteiger partial charge in [0, 0.05) is 12.3 Å². The van der Waals surface area contributed by atoms with Crippen molar-refractivity contribution < 1.29 is 19.1 Å². The Hall–Kier alpha value is -1.30. The second kappa shape index (κ2) is 7.92. The van der Waals surface area contributed by atoms with E-state index in [1.54, 1.807) is 6.92 Å². The summed E-state index contributed by atoms with van der Waals surface area (Å²) in [5.74, 6) is -0.919. The first-order valence-electron chi connectivity index (χ1n) is 4.84. The predicted octanol–water partition coefficient (Wildman–Crippen LogP) is 0.393. The van der Waals surface area contributed by atoms with Crippen LogP contribution >= 0.6 is 11.6 Å². The fraction of sp³-hybridized carbons (Fsp3) is 0.667. The standard InChI is InChI=1S/C9H15ClN2O4/c1-3-16-8(14)6(2)11-9(15)12-7(13)4-5-10/h6H,3-5H2,1-2H3,(H2,11,12,13,15). The number of alkyl halides is 1. The Morgan fingerprint density at radius 2 is 2.00 bits per heavy atom. The lowest BCUT2D eigenvalue weighted by atomic mass is 10.3. The Kier molecular flexibility index (Phi) is 7.28. The fourth-order valence-corrected chi connectivity index (χ4v) is 1.01. The molecule has 1 unspecified atom stereocenters. The number of hydrogen-bond acceptors (Lipinski definition) is 4. The average molecular weight is 251 g/mol. The highest BCUT2D eigenvalue weighted by Crippen LogP contribution is 1.88. The van der Waals surface area contributed by atoms with Crippen molar-refractivity contribution in [3.63, 3.8) is 0 Å². The molecule has 0 aliphatic heterocycles. The summed E-state index contributed by atoms with van der Waals surface area (Å²) in [6.07, 6.45) is 0.0444. The second-order valence-corrected chi connectivity index (χ2v) is 3.31. The zero-order valence-corrected chi connectivity index (χ0v) is 9.97. The number of halogens is 1. The lowest BCUT2D eigenvalue weighted by Gasteiger charge is -2.12. The number of ether oxygens (including phenoxy) is 1. The van der Waals surface area contributed by atoms with Crippen LogP contribution in [0, 0.1) is 0 Å². The number of rotatable bonds is 5. The van der Waals surface area contributed by atoms with Crippen molar-refractivity contribution in [2.45, 2.75) is 26.3 Å². The first kappa shape index (κ1) is 14.7. The molecule has 0 aliphatic carbocycles. The normalized spacial score (nSPS) is 11.4. The molecule has 0 bridgehead atoms. The van der Waals surface area contributed by atoms with Crippen molar-refractivity contribution in [3.05, 3.63) is 0 Å². The molecule has 0 fully saturated rings. The molecular weight excluding hydrogens is 236 g/mol. The highest BCUT2D eigenvalue weighted by atomic mass is 35.5. The van der Waals surface area contributed by atoms with E-state index in [1.165, 1.54) is 6.92 Å². The molecule has 0 radical (unpaired) electrons. The molecule has 0 aromatic rings. The molecule has 0 aromatic carbocycles. The van der Waals surface area contributed by atoms with E-state index < -0.39 is 23.9 Å². The van der Waals surface area contributed by atoms with E-state index in [0.29, 0.717) is 0 Å². The molecule has 0 aliphatic rings. The van der Waals surface area contributed by atoms with Gasteiger partial charge in [-0.25, -0.2) is 9.59 Å². The van der Waals surface area contributed by atoms with Gasteiger partial charge >= 0.3 is 12.0 Å². The molecule has 1 atom stereocenters. The number of nitrogens with one attached hydrogen (secondary N) is 2. The monoisotopic (exact) mass is 250 g/mol. The van der Waals surface area contributed by atoms with Gasteiger partial charge in [0.05, 0.1) is 6.61 Å². The van der Waals surface area contributed by atoms with E-state index in [4.69, 9.17) is 11.6 Å². The third-order valence-electron chi connectivity index (χ3n) is 1.56. The van der Waals surface area contributed by atoms with Crippen LogP contribution in [-0.4, -0.2) is 36.4 Å². The average Bonchev–Trinajstić information content (AvgIpc) is 2.17. The predicted molar refractivity (Wildman–Crippen MR) is 58.1 cm³/mol. The SMILES string of the molecule is CCOC(=O)C(C)NC(=O)NC(=O)CCCl. The van der Waals surface area contributed by atoms with E-state index in [-0.39, 0.29) is 18.9 Å². The smallest absolute Gasteiger partial charge is 0.328 e. The summed E-state index contributed by atoms with van der Waals surface area (Å²) in [6.45, 7) is 3.36. The summed E-state index contributed by atoms with van der Waals surface area (Å²) >= 11 is 5.31. The molecule has 2 N–H and O–H groups in total. The van der Waals surface area contributed by atoms with Gasteiger partial charge in [0.15, 0.2) is 0 Å². The number of carbonyl (C=O) groups is 3. The Balaban J connectivity index is 3.95. The zero-order chi connectivity index (χ0) is 12.6. The maximum absolute atomic E-state index is 11.2. The van der Waals surface area contributed by atoms with Crippen LogP contribution in [0.1, 0.15) is 20.3 Å². The van der Waals surface area contributed by atoms with Crippen LogP contribution in [0.25, 0.3) is 0 Å². The van der Waals surface area contributed by atoms with Crippen LogP contribution in [0.3, 0.4) is 0 Å². The largest absolute Gasteiger partial charge is 0.464 e. The van der Waals surface area contributed by atoms with Crippen LogP contribution in [0.2, 0.25) is 0 Å². The van der Waals surface area contributed by atoms with Gasteiger partial charge in [-0.05, 0) is 13.8 Å². The summed E-state index contributed by atoms with van der Waals surface area (Å²) < 4.78 is 4.67. The minimum atomic E-state index is -0.802. The minimum absolute atomic E-state index is 0.0444. The Morgan fingerprint density at radius 3 is 2.50 bits per heavy atom. The lowest BCUT2D eigenvalue weighted by molar-refractivity contribution is -0.144. The number of esters is 1. The van der Waals surface area contributed by atoms with Crippen molar-refractivity contribution >= 4 is 29.5 Å². The molecule has 7 heteroatoms. The maximum atomic E-state index is 11.2. The van der Waals surface area contributed by atoms with Crippen LogP contribution in [0.15, 0.2) is 0 Å². The number of urea groups is 1. The topological polar surface area (TPSA) is 84.5 Å². The Bertz CT molecular complexity index is 270. The Labute approximate surface area is 98.7 Å². The Morgan fingerprint density at radius 1 is 1.38 bits per heavy atom. The highest BCUT2D eigenvalue weighted by Gasteiger charge is 2.17. The van der Waals surface area contributed by atoms with Crippen molar-refractivity contribution in [2.24, 2.45) is 0 Å². The van der Waals surface area contributed by atoms with E-state index in [9.17, 15) is 14.4 Å². The molecule has 0 rings (SSSR count). The summed E-state index contributed by atoms with van der Waals surface area (Å²) in [5.41, 5.74) is 0. The molecule has 0 heterocycles. The molecule has 0 saturated carbocycles. The van der Waals surface area contributed by atoms with Gasteiger partial charge in [-0.1, -0.05) is 0 Å². The van der Waals surface area contributed by atoms with Gasteiger partial charge in [0.25, 0.3) is 0 Å². The maximum Gasteiger partial charge on any atom is 0.328 e. The molecule has 0 saturated heterocycles. The second-order valence-electron chi connectivity index (χ2n) is 2.93. The molecular formula is C9H15ClN2O4.